The summed E-state index contributed by atoms with van der Waals surface area (Å²) >= 11 is 0. The third kappa shape index (κ3) is 20.8. The van der Waals surface area contributed by atoms with Gasteiger partial charge in [0.2, 0.25) is 0 Å². The van der Waals surface area contributed by atoms with Crippen molar-refractivity contribution in [2.24, 2.45) is 0 Å². The maximum absolute atomic E-state index is 10.2. The molecule has 0 saturated carbocycles. The van der Waals surface area contributed by atoms with Crippen molar-refractivity contribution in [1.82, 2.24) is 0 Å². The van der Waals surface area contributed by atoms with Gasteiger partial charge in [0.05, 0.1) is 0 Å². The van der Waals surface area contributed by atoms with Crippen LogP contribution in [0.4, 0.5) is 0 Å². The maximum Gasteiger partial charge on any atom is 0.676 e. The minimum Gasteiger partial charge on any atom is -0.412 e. The predicted octanol–water partition coefficient (Wildman–Crippen LogP) is 0.388. The molecule has 7 N–H and O–H groups in total. The van der Waals surface area contributed by atoms with Crippen molar-refractivity contribution in [2.75, 3.05) is 19.8 Å². The third-order valence-corrected chi connectivity index (χ3v) is 4.05. The second-order valence-electron chi connectivity index (χ2n) is 4.13. The van der Waals surface area contributed by atoms with Crippen LogP contribution in [0.5, 0.6) is 0 Å². The Hall–Kier alpha value is 0.820. The fourth-order valence-electron chi connectivity index (χ4n) is 1.16. The Morgan fingerprint density at radius 2 is 0.905 bits per heavy atom. The normalized spacial score (nSPS) is 9.71. The zero-order valence-electron chi connectivity index (χ0n) is 13.5. The first-order valence-corrected chi connectivity index (χ1v) is 8.50. The average Bonchev–Trinajstić information content (AvgIpc) is 2.30. The molecule has 0 saturated heterocycles. The van der Waals surface area contributed by atoms with Crippen LogP contribution in [0.15, 0.2) is 0 Å². The van der Waals surface area contributed by atoms with Gasteiger partial charge >= 0.3 is 9.05 Å². The summed E-state index contributed by atoms with van der Waals surface area (Å²) in [7, 11) is -3.36. The van der Waals surface area contributed by atoms with Crippen LogP contribution in [0.2, 0.25) is 0 Å². The van der Waals surface area contributed by atoms with Gasteiger partial charge in [0.1, 0.15) is 0 Å². The molecule has 0 aliphatic heterocycles. The van der Waals surface area contributed by atoms with Crippen molar-refractivity contribution >= 4 is 9.05 Å². The van der Waals surface area contributed by atoms with Gasteiger partial charge in [-0.3, -0.25) is 0 Å². The Bertz CT molecular complexity index is 151. The van der Waals surface area contributed by atoms with E-state index < -0.39 is 9.05 Å². The first-order chi connectivity index (χ1) is 8.18. The number of hydrogen-bond donors (Lipinski definition) is 1. The Morgan fingerprint density at radius 3 is 1.10 bits per heavy atom. The fraction of sp³-hybridized carbons (Fsp3) is 1.00. The van der Waals surface area contributed by atoms with Crippen LogP contribution in [0.3, 0.4) is 0 Å². The molecule has 0 amide bonds. The van der Waals surface area contributed by atoms with Gasteiger partial charge in [-0.1, -0.05) is 40.0 Å². The minimum absolute atomic E-state index is 0. The van der Waals surface area contributed by atoms with Crippen molar-refractivity contribution in [1.29, 1.82) is 0 Å². The van der Waals surface area contributed by atoms with Crippen LogP contribution in [-0.2, 0) is 39.5 Å². The molecule has 0 aromatic carbocycles. The molecule has 0 heterocycles. The van der Waals surface area contributed by atoms with Crippen molar-refractivity contribution in [2.45, 2.75) is 59.3 Å². The van der Waals surface area contributed by atoms with E-state index >= 15 is 0 Å². The van der Waals surface area contributed by atoms with Crippen LogP contribution in [0, 0.1) is 0 Å². The van der Waals surface area contributed by atoms with E-state index in [2.05, 4.69) is 20.8 Å². The van der Waals surface area contributed by atoms with Gasteiger partial charge in [0, 0.05) is 46.0 Å². The summed E-state index contributed by atoms with van der Waals surface area (Å²) in [6.45, 7) is 7.78. The summed E-state index contributed by atoms with van der Waals surface area (Å²) in [4.78, 5) is 10.2. The van der Waals surface area contributed by atoms with E-state index in [0.29, 0.717) is 19.8 Å². The molecule has 9 heteroatoms. The van der Waals surface area contributed by atoms with Crippen molar-refractivity contribution in [3.05, 3.63) is 0 Å². The molecule has 0 aliphatic rings. The molecule has 0 radical (unpaired) electrons. The molecule has 0 bridgehead atoms. The van der Waals surface area contributed by atoms with E-state index in [-0.39, 0.29) is 42.6 Å². The quantitative estimate of drug-likeness (QED) is 0.367. The number of unbranched alkanes of at least 4 members (excludes halogenated alkanes) is 3. The smallest absolute Gasteiger partial charge is 0.412 e. The Labute approximate surface area is 148 Å². The molecule has 0 fully saturated rings. The van der Waals surface area contributed by atoms with Crippen LogP contribution < -0.4 is 0 Å². The largest absolute Gasteiger partial charge is 0.676 e. The van der Waals surface area contributed by atoms with E-state index in [4.69, 9.17) is 13.3 Å². The molecule has 132 valence electrons. The molecule has 0 aromatic rings. The first kappa shape index (κ1) is 33.4. The summed E-state index contributed by atoms with van der Waals surface area (Å²) < 4.78 is 16.2. The zero-order valence-corrected chi connectivity index (χ0v) is 17.0. The summed E-state index contributed by atoms with van der Waals surface area (Å²) in [6, 6.07) is 0. The van der Waals surface area contributed by atoms with E-state index in [9.17, 15) is 4.80 Å². The fourth-order valence-corrected chi connectivity index (χ4v) is 2.62. The summed E-state index contributed by atoms with van der Waals surface area (Å²) in [5.74, 6) is 0. The summed E-state index contributed by atoms with van der Waals surface area (Å²) in [5, 5.41) is 0. The van der Waals surface area contributed by atoms with Crippen LogP contribution >= 0.6 is 0 Å². The molecular weight excluding hydrogens is 375 g/mol. The first-order valence-electron chi connectivity index (χ1n) is 6.82. The second-order valence-corrected chi connectivity index (χ2v) is 6.04. The standard InChI is InChI=1S/C12H28O4Si.3H2O.Zr/c1-4-7-10-14-17(13,15-11-8-5-2)16-12-9-6-3;;;;/h13H,4-12H2,1-3H3;3*1H2;. The summed E-state index contributed by atoms with van der Waals surface area (Å²) in [5.41, 5.74) is 0. The molecular formula is C12H34O7SiZr. The Morgan fingerprint density at radius 1 is 0.667 bits per heavy atom. The average molecular weight is 410 g/mol. The van der Waals surface area contributed by atoms with Gasteiger partial charge in [0.15, 0.2) is 0 Å². The molecule has 21 heavy (non-hydrogen) atoms. The maximum atomic E-state index is 10.2. The van der Waals surface area contributed by atoms with E-state index in [0.717, 1.165) is 38.5 Å². The van der Waals surface area contributed by atoms with Crippen LogP contribution in [0.1, 0.15) is 59.3 Å². The van der Waals surface area contributed by atoms with Crippen molar-refractivity contribution in [3.63, 3.8) is 0 Å². The number of rotatable bonds is 12. The molecule has 7 nitrogen and oxygen atoms in total. The second kappa shape index (κ2) is 23.1. The SMILES string of the molecule is CCCCO[Si](O)(OCCCC)OCCCC.O.O.O.[Zr]. The topological polar surface area (TPSA) is 142 Å². The third-order valence-electron chi connectivity index (χ3n) is 2.35. The predicted molar refractivity (Wildman–Crippen MR) is 81.4 cm³/mol. The van der Waals surface area contributed by atoms with Crippen molar-refractivity contribution in [3.8, 4) is 0 Å². The monoisotopic (exact) mass is 408 g/mol. The van der Waals surface area contributed by atoms with Gasteiger partial charge in [0.25, 0.3) is 0 Å². The Kier molecular flexibility index (Phi) is 36.8. The molecule has 0 rings (SSSR count). The van der Waals surface area contributed by atoms with Crippen LogP contribution in [-0.4, -0.2) is 50.1 Å². The molecule has 0 aliphatic carbocycles. The summed E-state index contributed by atoms with van der Waals surface area (Å²) in [6.07, 6.45) is 5.87. The van der Waals surface area contributed by atoms with Gasteiger partial charge in [-0.05, 0) is 19.3 Å². The Balaban J connectivity index is -0.000000213. The molecule has 0 unspecified atom stereocenters. The molecule has 0 aromatic heterocycles. The van der Waals surface area contributed by atoms with Gasteiger partial charge in [-0.15, -0.1) is 0 Å². The number of hydrogen-bond acceptors (Lipinski definition) is 4. The van der Waals surface area contributed by atoms with E-state index in [1.165, 1.54) is 0 Å². The van der Waals surface area contributed by atoms with Gasteiger partial charge in [-0.25, -0.2) is 0 Å². The van der Waals surface area contributed by atoms with Gasteiger partial charge in [-0.2, -0.15) is 0 Å². The molecule has 0 atom stereocenters. The van der Waals surface area contributed by atoms with Crippen molar-refractivity contribution < 1.29 is 60.7 Å². The van der Waals surface area contributed by atoms with Gasteiger partial charge < -0.3 is 34.5 Å². The van der Waals surface area contributed by atoms with E-state index in [1.807, 2.05) is 0 Å². The van der Waals surface area contributed by atoms with Crippen LogP contribution in [0.25, 0.3) is 0 Å². The zero-order chi connectivity index (χ0) is 13.0. The minimum atomic E-state index is -3.36. The van der Waals surface area contributed by atoms with E-state index in [1.54, 1.807) is 0 Å². The molecule has 0 spiro atoms.